The molecule has 0 radical (unpaired) electrons. The molecule has 3 rings (SSSR count). The molecule has 0 spiro atoms. The molecule has 3 aromatic heterocycles. The first-order valence-electron chi connectivity index (χ1n) is 9.30. The fourth-order valence-corrected chi connectivity index (χ4v) is 3.27. The summed E-state index contributed by atoms with van der Waals surface area (Å²) in [5.41, 5.74) is 1.52. The first kappa shape index (κ1) is 20.3. The van der Waals surface area contributed by atoms with Gasteiger partial charge in [0, 0.05) is 35.3 Å². The molecule has 1 N–H and O–H groups in total. The van der Waals surface area contributed by atoms with Crippen LogP contribution in [0.25, 0.3) is 11.4 Å². The van der Waals surface area contributed by atoms with Crippen molar-refractivity contribution >= 4 is 23.1 Å². The van der Waals surface area contributed by atoms with Crippen LogP contribution in [0.4, 0.5) is 5.82 Å². The van der Waals surface area contributed by atoms with Gasteiger partial charge in [0.25, 0.3) is 0 Å². The van der Waals surface area contributed by atoms with Crippen LogP contribution in [0.5, 0.6) is 0 Å². The van der Waals surface area contributed by atoms with Crippen LogP contribution in [0.15, 0.2) is 27.4 Å². The number of nitrogens with zero attached hydrogens (tertiary/aromatic N) is 4. The van der Waals surface area contributed by atoms with E-state index in [1.54, 1.807) is 11.3 Å². The van der Waals surface area contributed by atoms with Crippen LogP contribution in [-0.4, -0.2) is 25.8 Å². The van der Waals surface area contributed by atoms with Gasteiger partial charge >= 0.3 is 0 Å². The molecule has 0 bridgehead atoms. The molecule has 0 aliphatic heterocycles. The molecule has 1 amide bonds. The van der Waals surface area contributed by atoms with Crippen LogP contribution in [0, 0.1) is 0 Å². The maximum absolute atomic E-state index is 12.5. The second-order valence-corrected chi connectivity index (χ2v) is 9.60. The van der Waals surface area contributed by atoms with Crippen molar-refractivity contribution in [2.45, 2.75) is 65.3 Å². The van der Waals surface area contributed by atoms with Crippen molar-refractivity contribution in [3.05, 3.63) is 34.5 Å². The topological polar surface area (TPSA) is 85.8 Å². The van der Waals surface area contributed by atoms with E-state index in [2.05, 4.69) is 57.0 Å². The zero-order chi connectivity index (χ0) is 20.5. The number of thiophene rings is 1. The number of rotatable bonds is 5. The molecule has 28 heavy (non-hydrogen) atoms. The Morgan fingerprint density at radius 3 is 2.61 bits per heavy atom. The standard InChI is InChI=1S/C20H27N5O2S/c1-19(2,3)14-11-15(25(23-14)20(4,5)6)21-16(26)7-8-17-22-18(24-27-17)13-9-10-28-12-13/h9-12H,7-8H2,1-6H3,(H,21,26). The van der Waals surface area contributed by atoms with Crippen LogP contribution < -0.4 is 5.32 Å². The normalized spacial score (nSPS) is 12.4. The third-order valence-corrected chi connectivity index (χ3v) is 4.88. The van der Waals surface area contributed by atoms with Gasteiger partial charge in [0.1, 0.15) is 5.82 Å². The summed E-state index contributed by atoms with van der Waals surface area (Å²) in [6.45, 7) is 12.5. The first-order valence-corrected chi connectivity index (χ1v) is 10.2. The summed E-state index contributed by atoms with van der Waals surface area (Å²) >= 11 is 1.58. The minimum absolute atomic E-state index is 0.0994. The summed E-state index contributed by atoms with van der Waals surface area (Å²) < 4.78 is 7.13. The Hall–Kier alpha value is -2.48. The molecule has 7 nitrogen and oxygen atoms in total. The molecule has 0 saturated heterocycles. The largest absolute Gasteiger partial charge is 0.339 e. The van der Waals surface area contributed by atoms with Crippen molar-refractivity contribution in [3.8, 4) is 11.4 Å². The number of anilines is 1. The maximum atomic E-state index is 12.5. The van der Waals surface area contributed by atoms with Crippen LogP contribution in [0.3, 0.4) is 0 Å². The number of carbonyl (C=O) groups is 1. The molecule has 150 valence electrons. The van der Waals surface area contributed by atoms with Crippen LogP contribution in [0.1, 0.15) is 59.5 Å². The molecule has 0 fully saturated rings. The van der Waals surface area contributed by atoms with E-state index in [1.807, 2.05) is 27.6 Å². The predicted octanol–water partition coefficient (Wildman–Crippen LogP) is 4.62. The number of aromatic nitrogens is 4. The smallest absolute Gasteiger partial charge is 0.227 e. The summed E-state index contributed by atoms with van der Waals surface area (Å²) in [4.78, 5) is 16.9. The second-order valence-electron chi connectivity index (χ2n) is 8.82. The summed E-state index contributed by atoms with van der Waals surface area (Å²) in [7, 11) is 0. The zero-order valence-corrected chi connectivity index (χ0v) is 18.1. The van der Waals surface area contributed by atoms with Gasteiger partial charge in [-0.25, -0.2) is 4.68 Å². The third-order valence-electron chi connectivity index (χ3n) is 4.19. The lowest BCUT2D eigenvalue weighted by molar-refractivity contribution is -0.116. The van der Waals surface area contributed by atoms with Crippen LogP contribution >= 0.6 is 11.3 Å². The summed E-state index contributed by atoms with van der Waals surface area (Å²) in [6, 6.07) is 3.89. The van der Waals surface area contributed by atoms with Crippen molar-refractivity contribution in [1.82, 2.24) is 19.9 Å². The first-order chi connectivity index (χ1) is 13.0. The Kier molecular flexibility index (Phi) is 5.43. The van der Waals surface area contributed by atoms with Gasteiger partial charge in [-0.05, 0) is 32.2 Å². The minimum Gasteiger partial charge on any atom is -0.339 e. The van der Waals surface area contributed by atoms with Crippen molar-refractivity contribution < 1.29 is 9.32 Å². The Bertz CT molecular complexity index is 942. The van der Waals surface area contributed by atoms with Gasteiger partial charge in [0.05, 0.1) is 11.2 Å². The number of amides is 1. The SMILES string of the molecule is CC(C)(C)c1cc(NC(=O)CCc2nc(-c3ccsc3)no2)n(C(C)(C)C)n1. The average molecular weight is 402 g/mol. The van der Waals surface area contributed by atoms with Gasteiger partial charge in [-0.1, -0.05) is 25.9 Å². The number of nitrogens with one attached hydrogen (secondary N) is 1. The number of hydrogen-bond acceptors (Lipinski definition) is 6. The van der Waals surface area contributed by atoms with Crippen molar-refractivity contribution in [2.24, 2.45) is 0 Å². The van der Waals surface area contributed by atoms with E-state index in [1.165, 1.54) is 0 Å². The molecular weight excluding hydrogens is 374 g/mol. The Balaban J connectivity index is 1.67. The van der Waals surface area contributed by atoms with E-state index in [9.17, 15) is 4.79 Å². The van der Waals surface area contributed by atoms with E-state index < -0.39 is 0 Å². The van der Waals surface area contributed by atoms with E-state index in [-0.39, 0.29) is 23.3 Å². The maximum Gasteiger partial charge on any atom is 0.227 e. The highest BCUT2D eigenvalue weighted by Gasteiger charge is 2.25. The number of aryl methyl sites for hydroxylation is 1. The summed E-state index contributed by atoms with van der Waals surface area (Å²) in [5.74, 6) is 1.60. The Morgan fingerprint density at radius 1 is 1.25 bits per heavy atom. The molecule has 3 heterocycles. The van der Waals surface area contributed by atoms with Gasteiger partial charge in [0.2, 0.25) is 17.6 Å². The predicted molar refractivity (Wildman–Crippen MR) is 110 cm³/mol. The molecule has 8 heteroatoms. The second kappa shape index (κ2) is 7.50. The highest BCUT2D eigenvalue weighted by Crippen LogP contribution is 2.28. The molecule has 3 aromatic rings. The van der Waals surface area contributed by atoms with E-state index >= 15 is 0 Å². The van der Waals surface area contributed by atoms with Gasteiger partial charge in [0.15, 0.2) is 0 Å². The molecule has 0 saturated carbocycles. The molecule has 0 atom stereocenters. The lowest BCUT2D eigenvalue weighted by atomic mass is 9.92. The fraction of sp³-hybridized carbons (Fsp3) is 0.500. The van der Waals surface area contributed by atoms with Crippen LogP contribution in [0.2, 0.25) is 0 Å². The third kappa shape index (κ3) is 4.67. The van der Waals surface area contributed by atoms with Gasteiger partial charge in [-0.15, -0.1) is 0 Å². The summed E-state index contributed by atoms with van der Waals surface area (Å²) in [5, 5.41) is 15.6. The van der Waals surface area contributed by atoms with Crippen molar-refractivity contribution in [1.29, 1.82) is 0 Å². The van der Waals surface area contributed by atoms with E-state index in [0.717, 1.165) is 11.3 Å². The average Bonchev–Trinajstić information content (AvgIpc) is 3.31. The Morgan fingerprint density at radius 2 is 2.00 bits per heavy atom. The number of carbonyl (C=O) groups excluding carboxylic acids is 1. The lowest BCUT2D eigenvalue weighted by Crippen LogP contribution is -2.27. The van der Waals surface area contributed by atoms with Gasteiger partial charge < -0.3 is 9.84 Å². The molecular formula is C20H27N5O2S. The zero-order valence-electron chi connectivity index (χ0n) is 17.2. The monoisotopic (exact) mass is 401 g/mol. The van der Waals surface area contributed by atoms with E-state index in [0.29, 0.717) is 24.0 Å². The summed E-state index contributed by atoms with van der Waals surface area (Å²) in [6.07, 6.45) is 0.643. The lowest BCUT2D eigenvalue weighted by Gasteiger charge is -2.23. The quantitative estimate of drug-likeness (QED) is 0.674. The molecule has 0 aliphatic rings. The molecule has 0 aliphatic carbocycles. The van der Waals surface area contributed by atoms with E-state index in [4.69, 9.17) is 9.62 Å². The van der Waals surface area contributed by atoms with Gasteiger partial charge in [-0.2, -0.15) is 21.4 Å². The Labute approximate surface area is 169 Å². The highest BCUT2D eigenvalue weighted by molar-refractivity contribution is 7.08. The van der Waals surface area contributed by atoms with Crippen LogP contribution in [-0.2, 0) is 22.2 Å². The molecule has 0 aromatic carbocycles. The van der Waals surface area contributed by atoms with Crippen molar-refractivity contribution in [3.63, 3.8) is 0 Å². The van der Waals surface area contributed by atoms with Gasteiger partial charge in [-0.3, -0.25) is 4.79 Å². The fourth-order valence-electron chi connectivity index (χ4n) is 2.64. The molecule has 0 unspecified atom stereocenters. The van der Waals surface area contributed by atoms with Crippen molar-refractivity contribution in [2.75, 3.05) is 5.32 Å². The highest BCUT2D eigenvalue weighted by atomic mass is 32.1. The minimum atomic E-state index is -0.242. The number of hydrogen-bond donors (Lipinski definition) is 1.